The number of aryl methyl sites for hydroxylation is 2. The van der Waals surface area contributed by atoms with Gasteiger partial charge in [-0.3, -0.25) is 10.2 Å². The van der Waals surface area contributed by atoms with Crippen LogP contribution in [0.3, 0.4) is 0 Å². The lowest BCUT2D eigenvalue weighted by molar-refractivity contribution is 0.0937. The van der Waals surface area contributed by atoms with Crippen molar-refractivity contribution in [3.63, 3.8) is 0 Å². The van der Waals surface area contributed by atoms with Crippen LogP contribution in [0.2, 0.25) is 0 Å². The molecule has 0 spiro atoms. The maximum absolute atomic E-state index is 11.8. The Morgan fingerprint density at radius 1 is 1.18 bits per heavy atom. The van der Waals surface area contributed by atoms with Crippen molar-refractivity contribution in [3.05, 3.63) is 64.8 Å². The van der Waals surface area contributed by atoms with Gasteiger partial charge in [0.2, 0.25) is 0 Å². The molecule has 22 heavy (non-hydrogen) atoms. The number of nitrogens with one attached hydrogen (secondary N) is 2. The van der Waals surface area contributed by atoms with E-state index in [1.54, 1.807) is 29.9 Å². The molecule has 2 aromatic rings. The molecule has 0 unspecified atom stereocenters. The van der Waals surface area contributed by atoms with E-state index in [1.807, 2.05) is 36.0 Å². The highest BCUT2D eigenvalue weighted by Gasteiger charge is 2.11. The van der Waals surface area contributed by atoms with Gasteiger partial charge in [-0.1, -0.05) is 29.8 Å². The summed E-state index contributed by atoms with van der Waals surface area (Å²) in [6.07, 6.45) is 3.15. The van der Waals surface area contributed by atoms with Crippen LogP contribution in [0.1, 0.15) is 21.6 Å². The molecule has 1 aromatic carbocycles. The number of carbonyl (C=O) groups is 1. The molecule has 0 atom stereocenters. The van der Waals surface area contributed by atoms with Gasteiger partial charge in [0.05, 0.1) is 0 Å². The van der Waals surface area contributed by atoms with Crippen molar-refractivity contribution < 1.29 is 13.2 Å². The Hall–Kier alpha value is -2.38. The molecule has 1 heterocycles. The summed E-state index contributed by atoms with van der Waals surface area (Å²) in [6.45, 7) is 1.95. The Kier molecular flexibility index (Phi) is 4.79. The average molecular weight is 319 g/mol. The van der Waals surface area contributed by atoms with E-state index >= 15 is 0 Å². The minimum absolute atomic E-state index is 0.352. The molecule has 0 saturated heterocycles. The van der Waals surface area contributed by atoms with Crippen LogP contribution in [0.5, 0.6) is 0 Å². The van der Waals surface area contributed by atoms with Gasteiger partial charge in [0, 0.05) is 18.7 Å². The third-order valence-electron chi connectivity index (χ3n) is 3.00. The fraction of sp³-hybridized carbons (Fsp3) is 0.133. The molecule has 0 radical (unpaired) electrons. The number of rotatable bonds is 5. The summed E-state index contributed by atoms with van der Waals surface area (Å²) in [5, 5.41) is 1.00. The van der Waals surface area contributed by atoms with Crippen molar-refractivity contribution in [3.8, 4) is 0 Å². The fourth-order valence-corrected chi connectivity index (χ4v) is 2.40. The molecule has 7 heteroatoms. The molecular formula is C15H17N3O3S. The first-order valence-corrected chi connectivity index (χ1v) is 8.10. The first-order chi connectivity index (χ1) is 10.4. The number of hydrogen-bond acceptors (Lipinski definition) is 3. The molecule has 0 aliphatic heterocycles. The van der Waals surface area contributed by atoms with Crippen LogP contribution in [0, 0.1) is 6.92 Å². The number of amides is 1. The number of hydrogen-bond donors (Lipinski definition) is 2. The summed E-state index contributed by atoms with van der Waals surface area (Å²) in [5.41, 5.74) is 4.36. The molecule has 0 bridgehead atoms. The van der Waals surface area contributed by atoms with Crippen LogP contribution in [0.4, 0.5) is 0 Å². The van der Waals surface area contributed by atoms with Gasteiger partial charge in [0.15, 0.2) is 0 Å². The second-order valence-electron chi connectivity index (χ2n) is 4.82. The second-order valence-corrected chi connectivity index (χ2v) is 6.39. The Balaban J connectivity index is 1.98. The van der Waals surface area contributed by atoms with E-state index in [1.165, 1.54) is 6.08 Å². The standard InChI is InChI=1S/C15H17N3O3S/c1-12-5-7-13(8-6-12)9-11-22(20,21)17-16-15(19)14-4-3-10-18(14)2/h3-11,17H,1-2H3,(H,16,19)/b11-9+. The van der Waals surface area contributed by atoms with Crippen molar-refractivity contribution in [2.24, 2.45) is 7.05 Å². The Labute approximate surface area is 129 Å². The number of carbonyl (C=O) groups excluding carboxylic acids is 1. The smallest absolute Gasteiger partial charge is 0.282 e. The average Bonchev–Trinajstić information content (AvgIpc) is 2.91. The monoisotopic (exact) mass is 319 g/mol. The zero-order valence-corrected chi connectivity index (χ0v) is 13.1. The van der Waals surface area contributed by atoms with Crippen molar-refractivity contribution in [1.82, 2.24) is 14.8 Å². The van der Waals surface area contributed by atoms with E-state index in [0.717, 1.165) is 16.5 Å². The zero-order chi connectivity index (χ0) is 16.2. The van der Waals surface area contributed by atoms with E-state index in [2.05, 4.69) is 5.43 Å². The molecule has 0 aliphatic rings. The fourth-order valence-electron chi connectivity index (χ4n) is 1.76. The van der Waals surface area contributed by atoms with Crippen LogP contribution in [0.15, 0.2) is 48.0 Å². The minimum Gasteiger partial charge on any atom is -0.347 e. The molecule has 116 valence electrons. The largest absolute Gasteiger partial charge is 0.347 e. The van der Waals surface area contributed by atoms with Gasteiger partial charge in [-0.25, -0.2) is 8.42 Å². The van der Waals surface area contributed by atoms with Gasteiger partial charge in [-0.05, 0) is 30.7 Å². The molecule has 1 aromatic heterocycles. The van der Waals surface area contributed by atoms with E-state index in [0.29, 0.717) is 5.69 Å². The highest BCUT2D eigenvalue weighted by molar-refractivity contribution is 7.92. The summed E-state index contributed by atoms with van der Waals surface area (Å²) in [6, 6.07) is 10.7. The predicted molar refractivity (Wildman–Crippen MR) is 85.1 cm³/mol. The van der Waals surface area contributed by atoms with Crippen molar-refractivity contribution in [1.29, 1.82) is 0 Å². The van der Waals surface area contributed by atoms with Crippen molar-refractivity contribution in [2.75, 3.05) is 0 Å². The Morgan fingerprint density at radius 3 is 2.45 bits per heavy atom. The van der Waals surface area contributed by atoms with Crippen LogP contribution < -0.4 is 10.3 Å². The highest BCUT2D eigenvalue weighted by atomic mass is 32.2. The van der Waals surface area contributed by atoms with Crippen LogP contribution >= 0.6 is 0 Å². The quantitative estimate of drug-likeness (QED) is 0.821. The van der Waals surface area contributed by atoms with Gasteiger partial charge >= 0.3 is 0 Å². The molecule has 0 saturated carbocycles. The maximum Gasteiger partial charge on any atom is 0.282 e. The number of sulfonamides is 1. The molecule has 6 nitrogen and oxygen atoms in total. The van der Waals surface area contributed by atoms with Crippen molar-refractivity contribution in [2.45, 2.75) is 6.92 Å². The summed E-state index contributed by atoms with van der Waals surface area (Å²) in [4.78, 5) is 13.8. The second kappa shape index (κ2) is 6.59. The van der Waals surface area contributed by atoms with Gasteiger partial charge in [-0.2, -0.15) is 0 Å². The Morgan fingerprint density at radius 2 is 1.86 bits per heavy atom. The van der Waals surface area contributed by atoms with E-state index in [9.17, 15) is 13.2 Å². The SMILES string of the molecule is Cc1ccc(/C=C/S(=O)(=O)NNC(=O)c2cccn2C)cc1. The van der Waals surface area contributed by atoms with Crippen molar-refractivity contribution >= 4 is 22.0 Å². The molecule has 2 rings (SSSR count). The lowest BCUT2D eigenvalue weighted by Crippen LogP contribution is -2.41. The van der Waals surface area contributed by atoms with E-state index < -0.39 is 15.9 Å². The zero-order valence-electron chi connectivity index (χ0n) is 12.3. The number of hydrazine groups is 1. The summed E-state index contributed by atoms with van der Waals surface area (Å²) in [5.74, 6) is -0.528. The molecular weight excluding hydrogens is 302 g/mol. The molecule has 1 amide bonds. The molecule has 0 aliphatic carbocycles. The van der Waals surface area contributed by atoms with Gasteiger partial charge in [0.1, 0.15) is 5.69 Å². The predicted octanol–water partition coefficient (Wildman–Crippen LogP) is 1.57. The summed E-state index contributed by atoms with van der Waals surface area (Å²) in [7, 11) is -2.07. The third-order valence-corrected chi connectivity index (χ3v) is 3.88. The lowest BCUT2D eigenvalue weighted by Gasteiger charge is -2.06. The van der Waals surface area contributed by atoms with E-state index in [-0.39, 0.29) is 0 Å². The first-order valence-electron chi connectivity index (χ1n) is 6.56. The maximum atomic E-state index is 11.8. The Bertz CT molecular complexity index is 790. The van der Waals surface area contributed by atoms with Gasteiger partial charge < -0.3 is 4.57 Å². The minimum atomic E-state index is -3.76. The highest BCUT2D eigenvalue weighted by Crippen LogP contribution is 2.06. The topological polar surface area (TPSA) is 80.2 Å². The normalized spacial score (nSPS) is 11.7. The van der Waals surface area contributed by atoms with Gasteiger partial charge in [-0.15, -0.1) is 4.83 Å². The molecule has 2 N–H and O–H groups in total. The third kappa shape index (κ3) is 4.31. The first kappa shape index (κ1) is 16.0. The number of nitrogens with zero attached hydrogens (tertiary/aromatic N) is 1. The lowest BCUT2D eigenvalue weighted by atomic mass is 10.2. The molecule has 0 fully saturated rings. The van der Waals surface area contributed by atoms with Crippen LogP contribution in [0.25, 0.3) is 6.08 Å². The summed E-state index contributed by atoms with van der Waals surface area (Å²) >= 11 is 0. The summed E-state index contributed by atoms with van der Waals surface area (Å²) < 4.78 is 25.2. The van der Waals surface area contributed by atoms with Crippen LogP contribution in [-0.2, 0) is 17.1 Å². The number of aromatic nitrogens is 1. The van der Waals surface area contributed by atoms with Gasteiger partial charge in [0.25, 0.3) is 15.9 Å². The number of benzene rings is 1. The van der Waals surface area contributed by atoms with Crippen LogP contribution in [-0.4, -0.2) is 18.9 Å². The van der Waals surface area contributed by atoms with E-state index in [4.69, 9.17) is 0 Å².